The molecule has 1 unspecified atom stereocenters. The number of rotatable bonds is 7. The van der Waals surface area contributed by atoms with Crippen molar-refractivity contribution in [2.45, 2.75) is 12.3 Å². The molecule has 0 aromatic heterocycles. The molecule has 0 fully saturated rings. The summed E-state index contributed by atoms with van der Waals surface area (Å²) in [5.41, 5.74) is 1.17. The van der Waals surface area contributed by atoms with Gasteiger partial charge < -0.3 is 5.32 Å². The van der Waals surface area contributed by atoms with Crippen LogP contribution in [0.1, 0.15) is 17.9 Å². The first-order valence-electron chi connectivity index (χ1n) is 5.32. The Kier molecular flexibility index (Phi) is 5.90. The van der Waals surface area contributed by atoms with Gasteiger partial charge in [-0.1, -0.05) is 36.4 Å². The highest BCUT2D eigenvalue weighted by Crippen LogP contribution is 2.19. The SMILES string of the molecule is C=CCNCC(CC(=O)S)c1ccccc1. The topological polar surface area (TPSA) is 29.1 Å². The lowest BCUT2D eigenvalue weighted by Gasteiger charge is -2.15. The van der Waals surface area contributed by atoms with Gasteiger partial charge in [-0.05, 0) is 5.56 Å². The second-order valence-electron chi connectivity index (χ2n) is 3.65. The van der Waals surface area contributed by atoms with Crippen molar-refractivity contribution in [3.63, 3.8) is 0 Å². The number of hydrogen-bond acceptors (Lipinski definition) is 2. The zero-order chi connectivity index (χ0) is 11.8. The molecule has 0 radical (unpaired) electrons. The Morgan fingerprint density at radius 2 is 2.12 bits per heavy atom. The Labute approximate surface area is 102 Å². The van der Waals surface area contributed by atoms with E-state index in [-0.39, 0.29) is 11.0 Å². The summed E-state index contributed by atoms with van der Waals surface area (Å²) in [4.78, 5) is 11.1. The monoisotopic (exact) mass is 235 g/mol. The predicted molar refractivity (Wildman–Crippen MR) is 70.9 cm³/mol. The molecule has 0 spiro atoms. The molecule has 86 valence electrons. The summed E-state index contributed by atoms with van der Waals surface area (Å²) in [7, 11) is 0. The van der Waals surface area contributed by atoms with Gasteiger partial charge in [-0.2, -0.15) is 0 Å². The average molecular weight is 235 g/mol. The third-order valence-electron chi connectivity index (χ3n) is 2.37. The molecule has 0 amide bonds. The van der Waals surface area contributed by atoms with Crippen LogP contribution in [0.5, 0.6) is 0 Å². The van der Waals surface area contributed by atoms with Gasteiger partial charge in [-0.15, -0.1) is 19.2 Å². The largest absolute Gasteiger partial charge is 0.313 e. The molecule has 1 atom stereocenters. The van der Waals surface area contributed by atoms with E-state index < -0.39 is 0 Å². The Morgan fingerprint density at radius 1 is 1.44 bits per heavy atom. The number of thiol groups is 1. The normalized spacial score (nSPS) is 12.1. The van der Waals surface area contributed by atoms with Gasteiger partial charge in [0.05, 0.1) is 0 Å². The molecule has 1 aromatic carbocycles. The third kappa shape index (κ3) is 4.64. The molecule has 0 bridgehead atoms. The van der Waals surface area contributed by atoms with Gasteiger partial charge in [-0.3, -0.25) is 4.79 Å². The lowest BCUT2D eigenvalue weighted by molar-refractivity contribution is -0.111. The summed E-state index contributed by atoms with van der Waals surface area (Å²) in [5, 5.41) is 3.16. The molecular formula is C13H17NOS. The lowest BCUT2D eigenvalue weighted by Crippen LogP contribution is -2.22. The second kappa shape index (κ2) is 7.25. The van der Waals surface area contributed by atoms with Gasteiger partial charge in [0.15, 0.2) is 5.12 Å². The maximum absolute atomic E-state index is 11.1. The Balaban J connectivity index is 2.63. The highest BCUT2D eigenvalue weighted by atomic mass is 32.1. The van der Waals surface area contributed by atoms with E-state index in [1.807, 2.05) is 36.4 Å². The molecule has 0 saturated heterocycles. The maximum Gasteiger partial charge on any atom is 0.186 e. The van der Waals surface area contributed by atoms with Gasteiger partial charge in [-0.25, -0.2) is 0 Å². The lowest BCUT2D eigenvalue weighted by atomic mass is 9.96. The van der Waals surface area contributed by atoms with Gasteiger partial charge in [0.2, 0.25) is 0 Å². The van der Waals surface area contributed by atoms with Crippen LogP contribution in [0.4, 0.5) is 0 Å². The molecule has 0 aliphatic heterocycles. The average Bonchev–Trinajstić information content (AvgIpc) is 2.29. The summed E-state index contributed by atoms with van der Waals surface area (Å²) in [6.45, 7) is 5.17. The van der Waals surface area contributed by atoms with Crippen LogP contribution in [0.25, 0.3) is 0 Å². The molecule has 1 N–H and O–H groups in total. The fourth-order valence-corrected chi connectivity index (χ4v) is 1.82. The van der Waals surface area contributed by atoms with Gasteiger partial charge in [0.1, 0.15) is 0 Å². The Bertz CT molecular complexity index is 337. The highest BCUT2D eigenvalue weighted by Gasteiger charge is 2.13. The minimum atomic E-state index is -0.0748. The molecule has 2 nitrogen and oxygen atoms in total. The molecule has 0 saturated carbocycles. The number of nitrogens with one attached hydrogen (secondary N) is 1. The standard InChI is InChI=1S/C13H17NOS/c1-2-8-14-10-12(9-13(15)16)11-6-4-3-5-7-11/h2-7,12,14H,1,8-10H2,(H,15,16). The van der Waals surface area contributed by atoms with Crippen molar-refractivity contribution in [1.82, 2.24) is 5.32 Å². The van der Waals surface area contributed by atoms with Crippen LogP contribution in [0.2, 0.25) is 0 Å². The maximum atomic E-state index is 11.1. The van der Waals surface area contributed by atoms with E-state index in [4.69, 9.17) is 0 Å². The molecule has 1 rings (SSSR count). The fraction of sp³-hybridized carbons (Fsp3) is 0.308. The van der Waals surface area contributed by atoms with Crippen molar-refractivity contribution in [3.8, 4) is 0 Å². The third-order valence-corrected chi connectivity index (χ3v) is 2.55. The van der Waals surface area contributed by atoms with E-state index in [1.54, 1.807) is 0 Å². The number of carbonyl (C=O) groups excluding carboxylic acids is 1. The van der Waals surface area contributed by atoms with Crippen molar-refractivity contribution >= 4 is 17.7 Å². The zero-order valence-corrected chi connectivity index (χ0v) is 10.1. The fourth-order valence-electron chi connectivity index (χ4n) is 1.60. The van der Waals surface area contributed by atoms with Crippen LogP contribution in [0.15, 0.2) is 43.0 Å². The molecule has 1 aromatic rings. The van der Waals surface area contributed by atoms with Crippen molar-refractivity contribution in [2.24, 2.45) is 0 Å². The smallest absolute Gasteiger partial charge is 0.186 e. The number of hydrogen-bond donors (Lipinski definition) is 2. The molecule has 16 heavy (non-hydrogen) atoms. The van der Waals surface area contributed by atoms with Gasteiger partial charge >= 0.3 is 0 Å². The zero-order valence-electron chi connectivity index (χ0n) is 9.23. The van der Waals surface area contributed by atoms with E-state index in [9.17, 15) is 4.79 Å². The molecule has 3 heteroatoms. The van der Waals surface area contributed by atoms with Crippen LogP contribution < -0.4 is 5.32 Å². The number of benzene rings is 1. The Morgan fingerprint density at radius 3 is 2.69 bits per heavy atom. The first-order chi connectivity index (χ1) is 7.74. The molecule has 0 aliphatic rings. The summed E-state index contributed by atoms with van der Waals surface area (Å²) in [6, 6.07) is 10.0. The van der Waals surface area contributed by atoms with E-state index >= 15 is 0 Å². The summed E-state index contributed by atoms with van der Waals surface area (Å²) in [5.74, 6) is 0.186. The van der Waals surface area contributed by atoms with Gasteiger partial charge in [0.25, 0.3) is 0 Å². The van der Waals surface area contributed by atoms with E-state index in [0.29, 0.717) is 6.42 Å². The molecule has 0 heterocycles. The summed E-state index contributed by atoms with van der Waals surface area (Å²) in [6.07, 6.45) is 2.27. The predicted octanol–water partition coefficient (Wildman–Crippen LogP) is 2.39. The molecular weight excluding hydrogens is 218 g/mol. The molecule has 0 aliphatic carbocycles. The minimum Gasteiger partial charge on any atom is -0.313 e. The van der Waals surface area contributed by atoms with Crippen LogP contribution in [0, 0.1) is 0 Å². The van der Waals surface area contributed by atoms with Crippen molar-refractivity contribution in [1.29, 1.82) is 0 Å². The first-order valence-corrected chi connectivity index (χ1v) is 5.77. The van der Waals surface area contributed by atoms with Crippen molar-refractivity contribution < 1.29 is 4.79 Å². The summed E-state index contributed by atoms with van der Waals surface area (Å²) < 4.78 is 0. The minimum absolute atomic E-state index is 0.0748. The van der Waals surface area contributed by atoms with Crippen LogP contribution in [0.3, 0.4) is 0 Å². The highest BCUT2D eigenvalue weighted by molar-refractivity contribution is 7.96. The van der Waals surface area contributed by atoms with Crippen LogP contribution in [-0.4, -0.2) is 18.2 Å². The first kappa shape index (κ1) is 13.0. The van der Waals surface area contributed by atoms with Crippen molar-refractivity contribution in [3.05, 3.63) is 48.6 Å². The number of carbonyl (C=O) groups is 1. The van der Waals surface area contributed by atoms with Crippen LogP contribution in [-0.2, 0) is 4.79 Å². The van der Waals surface area contributed by atoms with E-state index in [2.05, 4.69) is 24.5 Å². The quantitative estimate of drug-likeness (QED) is 0.432. The van der Waals surface area contributed by atoms with E-state index in [1.165, 1.54) is 5.56 Å². The second-order valence-corrected chi connectivity index (χ2v) is 4.15. The summed E-state index contributed by atoms with van der Waals surface area (Å²) >= 11 is 3.85. The Hall–Kier alpha value is -1.06. The van der Waals surface area contributed by atoms with E-state index in [0.717, 1.165) is 13.1 Å². The van der Waals surface area contributed by atoms with Gasteiger partial charge in [0, 0.05) is 25.4 Å². The van der Waals surface area contributed by atoms with Crippen LogP contribution >= 0.6 is 12.6 Å². The van der Waals surface area contributed by atoms with Crippen molar-refractivity contribution in [2.75, 3.05) is 13.1 Å².